The second kappa shape index (κ2) is 5.99. The van der Waals surface area contributed by atoms with E-state index in [1.807, 2.05) is 6.92 Å². The summed E-state index contributed by atoms with van der Waals surface area (Å²) in [4.78, 5) is 23.7. The summed E-state index contributed by atoms with van der Waals surface area (Å²) in [5, 5.41) is 15.1. The molecule has 0 aromatic carbocycles. The fourth-order valence-corrected chi connectivity index (χ4v) is 3.09. The molecular weight excluding hydrogens is 260 g/mol. The van der Waals surface area contributed by atoms with Crippen LogP contribution in [-0.4, -0.2) is 41.4 Å². The number of rotatable bonds is 3. The summed E-state index contributed by atoms with van der Waals surface area (Å²) in [6.45, 7) is 2.76. The van der Waals surface area contributed by atoms with Crippen LogP contribution < -0.4 is 10.6 Å². The van der Waals surface area contributed by atoms with E-state index in [-0.39, 0.29) is 11.6 Å². The highest BCUT2D eigenvalue weighted by Crippen LogP contribution is 2.28. The van der Waals surface area contributed by atoms with Gasteiger partial charge in [0.15, 0.2) is 0 Å². The Hall–Kier alpha value is -1.30. The summed E-state index contributed by atoms with van der Waals surface area (Å²) in [5.74, 6) is -0.982. The molecule has 0 aromatic heterocycles. The molecule has 0 unspecified atom stereocenters. The molecule has 1 aliphatic carbocycles. The van der Waals surface area contributed by atoms with Crippen LogP contribution in [0.2, 0.25) is 0 Å². The van der Waals surface area contributed by atoms with Crippen LogP contribution in [0.25, 0.3) is 0 Å². The molecule has 1 saturated heterocycles. The molecule has 0 spiro atoms. The van der Waals surface area contributed by atoms with Gasteiger partial charge in [-0.25, -0.2) is 9.59 Å². The Bertz CT molecular complexity index is 371. The molecule has 2 aliphatic rings. The second-order valence-electron chi connectivity index (χ2n) is 6.20. The zero-order valence-corrected chi connectivity index (χ0v) is 12.0. The molecule has 2 amide bonds. The first-order valence-corrected chi connectivity index (χ1v) is 7.37. The maximum Gasteiger partial charge on any atom is 0.329 e. The molecule has 6 nitrogen and oxygen atoms in total. The van der Waals surface area contributed by atoms with Gasteiger partial charge in [-0.2, -0.15) is 0 Å². The van der Waals surface area contributed by atoms with Gasteiger partial charge in [0, 0.05) is 31.6 Å². The van der Waals surface area contributed by atoms with Gasteiger partial charge in [0.2, 0.25) is 0 Å². The van der Waals surface area contributed by atoms with Gasteiger partial charge >= 0.3 is 12.0 Å². The molecule has 0 atom stereocenters. The number of carbonyl (C=O) groups excluding carboxylic acids is 1. The van der Waals surface area contributed by atoms with E-state index in [9.17, 15) is 14.7 Å². The van der Waals surface area contributed by atoms with E-state index in [1.165, 1.54) is 6.42 Å². The Morgan fingerprint density at radius 1 is 1.00 bits per heavy atom. The van der Waals surface area contributed by atoms with Crippen LogP contribution in [0.5, 0.6) is 0 Å². The summed E-state index contributed by atoms with van der Waals surface area (Å²) in [6.07, 6.45) is 5.94. The normalized spacial score (nSPS) is 24.6. The molecule has 2 fully saturated rings. The first kappa shape index (κ1) is 15.1. The largest absolute Gasteiger partial charge is 0.480 e. The quantitative estimate of drug-likeness (QED) is 0.735. The number of carboxylic acids is 1. The highest BCUT2D eigenvalue weighted by atomic mass is 16.5. The minimum Gasteiger partial charge on any atom is -0.480 e. The van der Waals surface area contributed by atoms with Crippen molar-refractivity contribution in [1.82, 2.24) is 10.6 Å². The predicted molar refractivity (Wildman–Crippen MR) is 73.6 cm³/mol. The summed E-state index contributed by atoms with van der Waals surface area (Å²) < 4.78 is 5.19. The summed E-state index contributed by atoms with van der Waals surface area (Å²) >= 11 is 0. The Kier molecular flexibility index (Phi) is 4.52. The van der Waals surface area contributed by atoms with E-state index in [0.717, 1.165) is 25.7 Å². The third-order valence-corrected chi connectivity index (χ3v) is 4.48. The standard InChI is InChI=1S/C14H24N2O4/c1-13(5-3-2-4-6-13)15-12(19)16-14(11(17)18)7-9-20-10-8-14/h2-10H2,1H3,(H,17,18)(H2,15,16,19). The van der Waals surface area contributed by atoms with E-state index in [0.29, 0.717) is 26.1 Å². The molecule has 1 heterocycles. The Balaban J connectivity index is 1.96. The third-order valence-electron chi connectivity index (χ3n) is 4.48. The predicted octanol–water partition coefficient (Wildman–Crippen LogP) is 1.64. The van der Waals surface area contributed by atoms with Crippen molar-refractivity contribution in [2.24, 2.45) is 0 Å². The van der Waals surface area contributed by atoms with E-state index >= 15 is 0 Å². The molecular formula is C14H24N2O4. The van der Waals surface area contributed by atoms with Crippen LogP contribution >= 0.6 is 0 Å². The lowest BCUT2D eigenvalue weighted by Gasteiger charge is -2.38. The number of hydrogen-bond donors (Lipinski definition) is 3. The van der Waals surface area contributed by atoms with Crippen molar-refractivity contribution < 1.29 is 19.4 Å². The topological polar surface area (TPSA) is 87.7 Å². The van der Waals surface area contributed by atoms with Crippen molar-refractivity contribution >= 4 is 12.0 Å². The smallest absolute Gasteiger partial charge is 0.329 e. The first-order chi connectivity index (χ1) is 9.46. The number of ether oxygens (including phenoxy) is 1. The van der Waals surface area contributed by atoms with Gasteiger partial charge in [-0.15, -0.1) is 0 Å². The monoisotopic (exact) mass is 284 g/mol. The molecule has 20 heavy (non-hydrogen) atoms. The first-order valence-electron chi connectivity index (χ1n) is 7.37. The van der Waals surface area contributed by atoms with Crippen LogP contribution in [0.1, 0.15) is 51.9 Å². The van der Waals surface area contributed by atoms with Gasteiger partial charge in [0.1, 0.15) is 5.54 Å². The van der Waals surface area contributed by atoms with Gasteiger partial charge < -0.3 is 20.5 Å². The third kappa shape index (κ3) is 3.42. The van der Waals surface area contributed by atoms with Crippen molar-refractivity contribution in [3.63, 3.8) is 0 Å². The van der Waals surface area contributed by atoms with E-state index < -0.39 is 11.5 Å². The Morgan fingerprint density at radius 2 is 1.60 bits per heavy atom. The highest BCUT2D eigenvalue weighted by Gasteiger charge is 2.42. The second-order valence-corrected chi connectivity index (χ2v) is 6.20. The van der Waals surface area contributed by atoms with Crippen LogP contribution in [0.3, 0.4) is 0 Å². The molecule has 1 aliphatic heterocycles. The van der Waals surface area contributed by atoms with Crippen LogP contribution in [-0.2, 0) is 9.53 Å². The fourth-order valence-electron chi connectivity index (χ4n) is 3.09. The minimum atomic E-state index is -1.19. The fraction of sp³-hybridized carbons (Fsp3) is 0.857. The van der Waals surface area contributed by atoms with Crippen molar-refractivity contribution in [1.29, 1.82) is 0 Å². The number of hydrogen-bond acceptors (Lipinski definition) is 3. The number of aliphatic carboxylic acids is 1. The zero-order valence-electron chi connectivity index (χ0n) is 12.0. The van der Waals surface area contributed by atoms with Crippen molar-refractivity contribution in [2.75, 3.05) is 13.2 Å². The van der Waals surface area contributed by atoms with Crippen LogP contribution in [0.4, 0.5) is 4.79 Å². The average Bonchev–Trinajstić information content (AvgIpc) is 2.39. The molecule has 0 radical (unpaired) electrons. The summed E-state index contributed by atoms with van der Waals surface area (Å²) in [7, 11) is 0. The van der Waals surface area contributed by atoms with Gasteiger partial charge in [-0.1, -0.05) is 19.3 Å². The number of carboxylic acid groups (broad SMARTS) is 1. The molecule has 114 valence electrons. The maximum absolute atomic E-state index is 12.2. The zero-order chi connectivity index (χ0) is 14.6. The number of amides is 2. The van der Waals surface area contributed by atoms with E-state index in [2.05, 4.69) is 10.6 Å². The summed E-state index contributed by atoms with van der Waals surface area (Å²) in [5.41, 5.74) is -1.40. The SMILES string of the molecule is CC1(NC(=O)NC2(C(=O)O)CCOCC2)CCCCC1. The number of urea groups is 1. The van der Waals surface area contributed by atoms with Crippen molar-refractivity contribution in [2.45, 2.75) is 62.9 Å². The average molecular weight is 284 g/mol. The molecule has 0 bridgehead atoms. The lowest BCUT2D eigenvalue weighted by atomic mass is 9.83. The molecule has 6 heteroatoms. The van der Waals surface area contributed by atoms with Gasteiger partial charge in [0.05, 0.1) is 0 Å². The summed E-state index contributed by atoms with van der Waals surface area (Å²) in [6, 6.07) is -0.376. The van der Waals surface area contributed by atoms with Crippen LogP contribution in [0, 0.1) is 0 Å². The van der Waals surface area contributed by atoms with Gasteiger partial charge in [-0.3, -0.25) is 0 Å². The molecule has 1 saturated carbocycles. The Labute approximate surface area is 119 Å². The molecule has 3 N–H and O–H groups in total. The Morgan fingerprint density at radius 3 is 2.15 bits per heavy atom. The molecule has 2 rings (SSSR count). The van der Waals surface area contributed by atoms with Crippen molar-refractivity contribution in [3.05, 3.63) is 0 Å². The van der Waals surface area contributed by atoms with Crippen molar-refractivity contribution in [3.8, 4) is 0 Å². The highest BCUT2D eigenvalue weighted by molar-refractivity contribution is 5.86. The van der Waals surface area contributed by atoms with Gasteiger partial charge in [-0.05, 0) is 19.8 Å². The van der Waals surface area contributed by atoms with E-state index in [1.54, 1.807) is 0 Å². The number of carbonyl (C=O) groups is 2. The lowest BCUT2D eigenvalue weighted by Crippen LogP contribution is -2.62. The molecule has 0 aromatic rings. The number of nitrogens with one attached hydrogen (secondary N) is 2. The lowest BCUT2D eigenvalue weighted by molar-refractivity contribution is -0.148. The minimum absolute atomic E-state index is 0.215. The van der Waals surface area contributed by atoms with Gasteiger partial charge in [0.25, 0.3) is 0 Å². The maximum atomic E-state index is 12.2. The van der Waals surface area contributed by atoms with E-state index in [4.69, 9.17) is 4.74 Å². The van der Waals surface area contributed by atoms with Crippen LogP contribution in [0.15, 0.2) is 0 Å².